The zero-order valence-corrected chi connectivity index (χ0v) is 17.7. The van der Waals surface area contributed by atoms with Crippen molar-refractivity contribution in [3.8, 4) is 11.5 Å². The van der Waals surface area contributed by atoms with Crippen molar-refractivity contribution < 1.29 is 23.1 Å². The van der Waals surface area contributed by atoms with Crippen LogP contribution in [0.4, 0.5) is 8.78 Å². The second kappa shape index (κ2) is 9.13. The lowest BCUT2D eigenvalue weighted by Crippen LogP contribution is -2.42. The van der Waals surface area contributed by atoms with Crippen molar-refractivity contribution >= 4 is 20.0 Å². The van der Waals surface area contributed by atoms with Crippen LogP contribution in [-0.4, -0.2) is 33.1 Å². The van der Waals surface area contributed by atoms with Crippen LogP contribution in [0.3, 0.4) is 0 Å². The molecule has 0 heterocycles. The van der Waals surface area contributed by atoms with E-state index in [1.807, 2.05) is 0 Å². The molecule has 0 unspecified atom stereocenters. The van der Waals surface area contributed by atoms with Gasteiger partial charge in [-0.2, -0.15) is 0 Å². The summed E-state index contributed by atoms with van der Waals surface area (Å²) in [7, 11) is -0.617. The lowest BCUT2D eigenvalue weighted by atomic mass is 10.1. The summed E-state index contributed by atoms with van der Waals surface area (Å²) in [5, 5.41) is 2.60. The molecule has 0 saturated carbocycles. The first-order valence-corrected chi connectivity index (χ1v) is 11.7. The molecule has 1 N–H and O–H groups in total. The SMILES string of the molecule is COC(=O)[C@@H](CC#C[Si](C)(C)C(C)(C)C)NC(=O)Cc1ccc(F)cc1F. The molecular formula is C20H27F2NO3Si. The predicted molar refractivity (Wildman–Crippen MR) is 104 cm³/mol. The number of rotatable bonds is 5. The van der Waals surface area contributed by atoms with Gasteiger partial charge in [-0.25, -0.2) is 13.6 Å². The number of carbonyl (C=O) groups excluding carboxylic acids is 2. The Morgan fingerprint density at radius 1 is 1.26 bits per heavy atom. The summed E-state index contributed by atoms with van der Waals surface area (Å²) in [6.45, 7) is 10.7. The van der Waals surface area contributed by atoms with Crippen LogP contribution in [0.2, 0.25) is 18.1 Å². The van der Waals surface area contributed by atoms with Gasteiger partial charge in [-0.15, -0.1) is 11.5 Å². The van der Waals surface area contributed by atoms with E-state index in [-0.39, 0.29) is 23.4 Å². The molecule has 4 nitrogen and oxygen atoms in total. The number of methoxy groups -OCH3 is 1. The number of nitrogens with one attached hydrogen (secondary N) is 1. The van der Waals surface area contributed by atoms with Crippen molar-refractivity contribution in [2.45, 2.75) is 57.8 Å². The topological polar surface area (TPSA) is 55.4 Å². The summed E-state index contributed by atoms with van der Waals surface area (Å²) in [5.74, 6) is 0.300. The highest BCUT2D eigenvalue weighted by atomic mass is 28.3. The molecule has 1 aromatic carbocycles. The van der Waals surface area contributed by atoms with Crippen molar-refractivity contribution in [1.82, 2.24) is 5.32 Å². The van der Waals surface area contributed by atoms with Gasteiger partial charge in [-0.3, -0.25) is 4.79 Å². The Hall–Kier alpha value is -2.20. The van der Waals surface area contributed by atoms with Crippen LogP contribution in [0.15, 0.2) is 18.2 Å². The molecule has 148 valence electrons. The largest absolute Gasteiger partial charge is 0.467 e. The maximum Gasteiger partial charge on any atom is 0.329 e. The van der Waals surface area contributed by atoms with Gasteiger partial charge in [0.1, 0.15) is 25.8 Å². The molecule has 0 radical (unpaired) electrons. The summed E-state index contributed by atoms with van der Waals surface area (Å²) in [6, 6.07) is 2.05. The number of ether oxygens (including phenoxy) is 1. The summed E-state index contributed by atoms with van der Waals surface area (Å²) in [4.78, 5) is 24.1. The Bertz CT molecular complexity index is 761. The molecule has 0 aromatic heterocycles. The number of esters is 1. The van der Waals surface area contributed by atoms with Gasteiger partial charge in [0.15, 0.2) is 0 Å². The van der Waals surface area contributed by atoms with Crippen molar-refractivity contribution in [3.05, 3.63) is 35.4 Å². The van der Waals surface area contributed by atoms with Gasteiger partial charge in [0, 0.05) is 12.5 Å². The first kappa shape index (κ1) is 22.8. The van der Waals surface area contributed by atoms with E-state index in [1.54, 1.807) is 0 Å². The van der Waals surface area contributed by atoms with Gasteiger partial charge in [0.05, 0.1) is 13.5 Å². The van der Waals surface area contributed by atoms with Crippen LogP contribution in [0.25, 0.3) is 0 Å². The highest BCUT2D eigenvalue weighted by molar-refractivity contribution is 6.87. The second-order valence-corrected chi connectivity index (χ2v) is 12.9. The zero-order valence-electron chi connectivity index (χ0n) is 16.7. The van der Waals surface area contributed by atoms with E-state index in [2.05, 4.69) is 50.6 Å². The monoisotopic (exact) mass is 395 g/mol. The molecule has 0 aliphatic carbocycles. The van der Waals surface area contributed by atoms with E-state index < -0.39 is 37.6 Å². The molecule has 0 saturated heterocycles. The van der Waals surface area contributed by atoms with Crippen LogP contribution in [0, 0.1) is 23.1 Å². The predicted octanol–water partition coefficient (Wildman–Crippen LogP) is 3.61. The zero-order chi connectivity index (χ0) is 20.8. The number of halogens is 2. The third-order valence-corrected chi connectivity index (χ3v) is 9.32. The Morgan fingerprint density at radius 2 is 1.89 bits per heavy atom. The lowest BCUT2D eigenvalue weighted by Gasteiger charge is -2.31. The van der Waals surface area contributed by atoms with Crippen molar-refractivity contribution in [2.24, 2.45) is 0 Å². The lowest BCUT2D eigenvalue weighted by molar-refractivity contribution is -0.144. The molecular weight excluding hydrogens is 368 g/mol. The third kappa shape index (κ3) is 6.79. The fraction of sp³-hybridized carbons (Fsp3) is 0.500. The van der Waals surface area contributed by atoms with E-state index in [1.165, 1.54) is 13.2 Å². The van der Waals surface area contributed by atoms with Gasteiger partial charge in [-0.1, -0.05) is 39.9 Å². The van der Waals surface area contributed by atoms with E-state index in [0.29, 0.717) is 6.07 Å². The Balaban J connectivity index is 2.84. The number of hydrogen-bond acceptors (Lipinski definition) is 3. The van der Waals surface area contributed by atoms with Gasteiger partial charge in [0.25, 0.3) is 0 Å². The number of benzene rings is 1. The van der Waals surface area contributed by atoms with E-state index in [0.717, 1.165) is 6.07 Å². The molecule has 1 amide bonds. The van der Waals surface area contributed by atoms with Crippen LogP contribution < -0.4 is 5.32 Å². The standard InChI is InChI=1S/C20H27F2NO3Si/c1-20(2,3)27(5,6)11-7-8-17(19(25)26-4)23-18(24)12-14-9-10-15(21)13-16(14)22/h9-10,13,17H,8,12H2,1-6H3,(H,23,24)/t17-/m1/s1. The quantitative estimate of drug-likeness (QED) is 0.471. The first-order valence-electron chi connectivity index (χ1n) is 8.68. The Kier molecular flexibility index (Phi) is 7.73. The third-order valence-electron chi connectivity index (χ3n) is 4.77. The van der Waals surface area contributed by atoms with Gasteiger partial charge >= 0.3 is 5.97 Å². The molecule has 7 heteroatoms. The molecule has 0 aliphatic rings. The molecule has 1 rings (SSSR count). The van der Waals surface area contributed by atoms with Crippen molar-refractivity contribution in [2.75, 3.05) is 7.11 Å². The van der Waals surface area contributed by atoms with Crippen molar-refractivity contribution in [1.29, 1.82) is 0 Å². The Labute approximate surface area is 160 Å². The minimum absolute atomic E-state index is 0.0462. The van der Waals surface area contributed by atoms with Crippen LogP contribution in [0.5, 0.6) is 0 Å². The normalized spacial score (nSPS) is 12.6. The van der Waals surface area contributed by atoms with E-state index in [4.69, 9.17) is 4.74 Å². The maximum absolute atomic E-state index is 13.7. The number of amides is 1. The molecule has 1 atom stereocenters. The first-order chi connectivity index (χ1) is 12.4. The van der Waals surface area contributed by atoms with E-state index >= 15 is 0 Å². The number of hydrogen-bond donors (Lipinski definition) is 1. The minimum Gasteiger partial charge on any atom is -0.467 e. The van der Waals surface area contributed by atoms with Gasteiger partial charge < -0.3 is 10.1 Å². The maximum atomic E-state index is 13.7. The molecule has 27 heavy (non-hydrogen) atoms. The van der Waals surface area contributed by atoms with Crippen LogP contribution in [0.1, 0.15) is 32.8 Å². The molecule has 0 bridgehead atoms. The second-order valence-electron chi connectivity index (χ2n) is 7.94. The fourth-order valence-corrected chi connectivity index (χ4v) is 2.90. The molecule has 1 aromatic rings. The summed E-state index contributed by atoms with van der Waals surface area (Å²) in [6.07, 6.45) is -0.202. The number of carbonyl (C=O) groups is 2. The minimum atomic E-state index is -1.84. The summed E-state index contributed by atoms with van der Waals surface area (Å²) >= 11 is 0. The van der Waals surface area contributed by atoms with E-state index in [9.17, 15) is 18.4 Å². The summed E-state index contributed by atoms with van der Waals surface area (Å²) < 4.78 is 31.4. The van der Waals surface area contributed by atoms with Crippen LogP contribution >= 0.6 is 0 Å². The highest BCUT2D eigenvalue weighted by Crippen LogP contribution is 2.35. The van der Waals surface area contributed by atoms with Gasteiger partial charge in [0.2, 0.25) is 5.91 Å². The smallest absolute Gasteiger partial charge is 0.329 e. The average molecular weight is 396 g/mol. The Morgan fingerprint density at radius 3 is 2.41 bits per heavy atom. The summed E-state index contributed by atoms with van der Waals surface area (Å²) in [5.41, 5.74) is 3.32. The average Bonchev–Trinajstić information content (AvgIpc) is 2.54. The molecule has 0 aliphatic heterocycles. The van der Waals surface area contributed by atoms with Crippen LogP contribution in [-0.2, 0) is 20.7 Å². The highest BCUT2D eigenvalue weighted by Gasteiger charge is 2.33. The molecule has 0 fully saturated rings. The fourth-order valence-electron chi connectivity index (χ4n) is 1.98. The van der Waals surface area contributed by atoms with Gasteiger partial charge in [-0.05, 0) is 16.7 Å². The van der Waals surface area contributed by atoms with Crippen molar-refractivity contribution in [3.63, 3.8) is 0 Å². The molecule has 0 spiro atoms.